The molecule has 0 bridgehead atoms. The van der Waals surface area contributed by atoms with Crippen LogP contribution >= 0.6 is 11.8 Å². The van der Waals surface area contributed by atoms with E-state index in [9.17, 15) is 34.8 Å². The monoisotopic (exact) mass is 432 g/mol. The van der Waals surface area contributed by atoms with E-state index >= 15 is 0 Å². The van der Waals surface area contributed by atoms with Gasteiger partial charge in [0, 0.05) is 16.7 Å². The summed E-state index contributed by atoms with van der Waals surface area (Å²) in [5.41, 5.74) is 0. The van der Waals surface area contributed by atoms with Crippen LogP contribution in [-0.4, -0.2) is 30.1 Å². The maximum Gasteiger partial charge on any atom is 0.437 e. The van der Waals surface area contributed by atoms with Crippen molar-refractivity contribution in [2.75, 3.05) is 0 Å². The second-order valence-electron chi connectivity index (χ2n) is 5.18. The van der Waals surface area contributed by atoms with Crippen molar-refractivity contribution < 1.29 is 39.3 Å². The van der Waals surface area contributed by atoms with Crippen molar-refractivity contribution in [3.05, 3.63) is 60.7 Å². The Labute approximate surface area is 156 Å². The average Bonchev–Trinajstić information content (AvgIpc) is 2.55. The average molecular weight is 432 g/mol. The Morgan fingerprint density at radius 2 is 1.11 bits per heavy atom. The molecule has 0 saturated heterocycles. The van der Waals surface area contributed by atoms with Crippen LogP contribution in [0.4, 0.5) is 26.3 Å². The van der Waals surface area contributed by atoms with E-state index in [2.05, 4.69) is 48.5 Å². The maximum atomic E-state index is 12.2. The van der Waals surface area contributed by atoms with Gasteiger partial charge in [0.1, 0.15) is 0 Å². The third kappa shape index (κ3) is 5.88. The zero-order valence-electron chi connectivity index (χ0n) is 13.6. The molecule has 27 heavy (non-hydrogen) atoms. The van der Waals surface area contributed by atoms with Gasteiger partial charge in [0.2, 0.25) is 0 Å². The standard InChI is InChI=1S/C12H10S.C4H4F6O3S/c1-3-7-11(8-4-1)13-12-9-5-2-6-10-12;1-2(5,6)3(7,8)4(9,10)14(11,12)13/h1-10H;1H3,(H,11,12,13). The molecule has 0 heterocycles. The maximum absolute atomic E-state index is 12.2. The summed E-state index contributed by atoms with van der Waals surface area (Å²) < 4.78 is 99.6. The summed E-state index contributed by atoms with van der Waals surface area (Å²) in [5.74, 6) is -11.5. The van der Waals surface area contributed by atoms with Gasteiger partial charge < -0.3 is 0 Å². The summed E-state index contributed by atoms with van der Waals surface area (Å²) in [4.78, 5) is 2.57. The lowest BCUT2D eigenvalue weighted by atomic mass is 10.2. The summed E-state index contributed by atoms with van der Waals surface area (Å²) in [7, 11) is -6.61. The van der Waals surface area contributed by atoms with Crippen molar-refractivity contribution in [1.82, 2.24) is 0 Å². The van der Waals surface area contributed by atoms with Crippen LogP contribution in [0.1, 0.15) is 6.92 Å². The van der Waals surface area contributed by atoms with Crippen LogP contribution in [0.25, 0.3) is 0 Å². The van der Waals surface area contributed by atoms with E-state index in [0.717, 1.165) is 0 Å². The topological polar surface area (TPSA) is 54.4 Å². The first-order valence-electron chi connectivity index (χ1n) is 7.08. The predicted molar refractivity (Wildman–Crippen MR) is 89.1 cm³/mol. The Hall–Kier alpha value is -1.72. The second-order valence-corrected chi connectivity index (χ2v) is 7.79. The largest absolute Gasteiger partial charge is 0.437 e. The third-order valence-corrected chi connectivity index (χ3v) is 4.88. The summed E-state index contributed by atoms with van der Waals surface area (Å²) in [6.07, 6.45) is 0. The van der Waals surface area contributed by atoms with Crippen LogP contribution in [0, 0.1) is 0 Å². The molecule has 0 spiro atoms. The van der Waals surface area contributed by atoms with Crippen LogP contribution in [0.3, 0.4) is 0 Å². The van der Waals surface area contributed by atoms with Gasteiger partial charge >= 0.3 is 27.2 Å². The third-order valence-electron chi connectivity index (χ3n) is 2.96. The smallest absolute Gasteiger partial charge is 0.281 e. The number of halogens is 6. The minimum atomic E-state index is -6.61. The molecular formula is C16H14F6O3S2. The lowest BCUT2D eigenvalue weighted by Crippen LogP contribution is -2.56. The van der Waals surface area contributed by atoms with Crippen molar-refractivity contribution in [3.8, 4) is 0 Å². The highest BCUT2D eigenvalue weighted by Gasteiger charge is 2.75. The zero-order chi connectivity index (χ0) is 20.9. The summed E-state index contributed by atoms with van der Waals surface area (Å²) >= 11 is 1.79. The van der Waals surface area contributed by atoms with E-state index in [1.165, 1.54) is 9.79 Å². The van der Waals surface area contributed by atoms with Crippen molar-refractivity contribution in [2.24, 2.45) is 0 Å². The van der Waals surface area contributed by atoms with Gasteiger partial charge in [-0.1, -0.05) is 48.2 Å². The van der Waals surface area contributed by atoms with E-state index in [4.69, 9.17) is 4.55 Å². The van der Waals surface area contributed by atoms with Crippen LogP contribution in [0.5, 0.6) is 0 Å². The molecule has 0 unspecified atom stereocenters. The molecule has 1 N–H and O–H groups in total. The normalized spacial score (nSPS) is 12.9. The number of rotatable bonds is 5. The quantitative estimate of drug-likeness (QED) is 0.494. The van der Waals surface area contributed by atoms with Gasteiger partial charge in [-0.15, -0.1) is 0 Å². The van der Waals surface area contributed by atoms with Crippen molar-refractivity contribution in [1.29, 1.82) is 0 Å². The summed E-state index contributed by atoms with van der Waals surface area (Å²) in [5, 5.41) is -6.24. The molecule has 2 aromatic carbocycles. The van der Waals surface area contributed by atoms with Crippen molar-refractivity contribution in [3.63, 3.8) is 0 Å². The van der Waals surface area contributed by atoms with E-state index in [0.29, 0.717) is 0 Å². The molecule has 0 atom stereocenters. The molecule has 150 valence electrons. The Morgan fingerprint density at radius 3 is 1.33 bits per heavy atom. The Morgan fingerprint density at radius 1 is 0.778 bits per heavy atom. The van der Waals surface area contributed by atoms with Gasteiger partial charge in [0.05, 0.1) is 0 Å². The number of hydrogen-bond acceptors (Lipinski definition) is 3. The molecule has 0 aliphatic carbocycles. The molecule has 3 nitrogen and oxygen atoms in total. The molecule has 0 aliphatic rings. The van der Waals surface area contributed by atoms with Gasteiger partial charge in [0.25, 0.3) is 0 Å². The molecule has 11 heteroatoms. The molecule has 0 saturated carbocycles. The van der Waals surface area contributed by atoms with E-state index in [-0.39, 0.29) is 0 Å². The van der Waals surface area contributed by atoms with Gasteiger partial charge in [-0.25, -0.2) is 0 Å². The van der Waals surface area contributed by atoms with Crippen LogP contribution in [0.15, 0.2) is 70.5 Å². The van der Waals surface area contributed by atoms with Crippen LogP contribution in [-0.2, 0) is 10.1 Å². The van der Waals surface area contributed by atoms with Gasteiger partial charge in [0.15, 0.2) is 0 Å². The minimum Gasteiger partial charge on any atom is -0.281 e. The Kier molecular flexibility index (Phi) is 7.37. The highest BCUT2D eigenvalue weighted by molar-refractivity contribution is 7.99. The van der Waals surface area contributed by atoms with Gasteiger partial charge in [-0.05, 0) is 24.3 Å². The lowest BCUT2D eigenvalue weighted by Gasteiger charge is -2.28. The minimum absolute atomic E-state index is 0.591. The van der Waals surface area contributed by atoms with E-state index < -0.39 is 34.1 Å². The first-order chi connectivity index (χ1) is 12.2. The SMILES string of the molecule is CC(F)(F)C(F)(F)C(F)(F)S(=O)(=O)O.c1ccc(Sc2ccccc2)cc1. The van der Waals surface area contributed by atoms with Crippen LogP contribution in [0.2, 0.25) is 0 Å². The predicted octanol–water partition coefficient (Wildman–Crippen LogP) is 5.60. The van der Waals surface area contributed by atoms with Gasteiger partial charge in [-0.3, -0.25) is 4.55 Å². The molecule has 0 aromatic heterocycles. The molecule has 0 radical (unpaired) electrons. The lowest BCUT2D eigenvalue weighted by molar-refractivity contribution is -0.273. The summed E-state index contributed by atoms with van der Waals surface area (Å²) in [6, 6.07) is 20.8. The number of benzene rings is 2. The molecule has 0 fully saturated rings. The fourth-order valence-electron chi connectivity index (χ4n) is 1.53. The molecule has 2 aromatic rings. The van der Waals surface area contributed by atoms with Crippen LogP contribution < -0.4 is 0 Å². The van der Waals surface area contributed by atoms with Crippen molar-refractivity contribution >= 4 is 21.9 Å². The molecular weight excluding hydrogens is 418 g/mol. The fourth-order valence-corrected chi connectivity index (χ4v) is 2.89. The first-order valence-corrected chi connectivity index (χ1v) is 9.34. The number of alkyl halides is 6. The molecule has 2 rings (SSSR count). The fraction of sp³-hybridized carbons (Fsp3) is 0.250. The zero-order valence-corrected chi connectivity index (χ0v) is 15.3. The van der Waals surface area contributed by atoms with E-state index in [1.54, 1.807) is 11.8 Å². The molecule has 0 amide bonds. The Bertz CT molecular complexity index is 785. The van der Waals surface area contributed by atoms with E-state index in [1.807, 2.05) is 12.1 Å². The Balaban J connectivity index is 0.000000270. The number of hydrogen-bond donors (Lipinski definition) is 1. The molecule has 0 aliphatic heterocycles. The highest BCUT2D eigenvalue weighted by atomic mass is 32.2. The summed E-state index contributed by atoms with van der Waals surface area (Å²) in [6.45, 7) is -0.591. The van der Waals surface area contributed by atoms with Gasteiger partial charge in [-0.2, -0.15) is 34.8 Å². The first kappa shape index (κ1) is 23.3. The highest BCUT2D eigenvalue weighted by Crippen LogP contribution is 2.47. The van der Waals surface area contributed by atoms with Crippen molar-refractivity contribution in [2.45, 2.75) is 33.8 Å². The second kappa shape index (κ2) is 8.53.